The highest BCUT2D eigenvalue weighted by Crippen LogP contribution is 2.43. The van der Waals surface area contributed by atoms with Crippen LogP contribution in [0.1, 0.15) is 141 Å². The van der Waals surface area contributed by atoms with Gasteiger partial charge >= 0.3 is 0 Å². The second-order valence-corrected chi connectivity index (χ2v) is 19.5. The lowest BCUT2D eigenvalue weighted by atomic mass is 10.0. The summed E-state index contributed by atoms with van der Waals surface area (Å²) in [5.41, 5.74) is 16.5. The van der Waals surface area contributed by atoms with Gasteiger partial charge in [0, 0.05) is 37.1 Å². The number of nitrogens with zero attached hydrogens (tertiary/aromatic N) is 8. The first-order valence-electron chi connectivity index (χ1n) is 28.2. The van der Waals surface area contributed by atoms with Crippen molar-refractivity contribution in [3.05, 3.63) is 36.9 Å². The Kier molecular flexibility index (Phi) is 26.2. The van der Waals surface area contributed by atoms with Gasteiger partial charge in [-0.25, -0.2) is 29.9 Å². The molecule has 0 aliphatic carbocycles. The van der Waals surface area contributed by atoms with Crippen LogP contribution >= 0.6 is 0 Å². The minimum absolute atomic E-state index is 0.337. The number of aromatic nitrogens is 8. The van der Waals surface area contributed by atoms with Crippen LogP contribution in [0.25, 0.3) is 45.1 Å². The van der Waals surface area contributed by atoms with Crippen molar-refractivity contribution in [2.24, 2.45) is 0 Å². The van der Waals surface area contributed by atoms with Gasteiger partial charge in [0.25, 0.3) is 0 Å². The number of aryl methyl sites for hydroxylation is 2. The minimum Gasteiger partial charge on any atom is -0.493 e. The normalized spacial score (nSPS) is 11.1. The van der Waals surface area contributed by atoms with E-state index >= 15 is 0 Å². The molecule has 18 heteroatoms. The van der Waals surface area contributed by atoms with Crippen molar-refractivity contribution in [1.29, 1.82) is 0 Å². The van der Waals surface area contributed by atoms with Crippen molar-refractivity contribution in [3.63, 3.8) is 0 Å². The molecule has 0 aliphatic rings. The van der Waals surface area contributed by atoms with Crippen LogP contribution in [0, 0.1) is 23.7 Å². The van der Waals surface area contributed by atoms with E-state index in [0.29, 0.717) is 106 Å². The zero-order valence-electron chi connectivity index (χ0n) is 47.4. The summed E-state index contributed by atoms with van der Waals surface area (Å²) in [7, 11) is 9.56. The Morgan fingerprint density at radius 2 is 0.731 bits per heavy atom. The van der Waals surface area contributed by atoms with Crippen molar-refractivity contribution < 1.29 is 28.4 Å². The predicted octanol–water partition coefficient (Wildman–Crippen LogP) is 11.0. The van der Waals surface area contributed by atoms with Crippen molar-refractivity contribution in [2.45, 2.75) is 154 Å². The van der Waals surface area contributed by atoms with Crippen molar-refractivity contribution in [3.8, 4) is 81.0 Å². The second kappa shape index (κ2) is 34.0. The minimum atomic E-state index is 0.337. The molecule has 0 saturated heterocycles. The molecule has 2 aromatic carbocycles. The molecule has 18 nitrogen and oxygen atoms in total. The van der Waals surface area contributed by atoms with Gasteiger partial charge in [-0.3, -0.25) is 0 Å². The Labute approximate surface area is 462 Å². The molecule has 4 aromatic heterocycles. The monoisotopic (exact) mass is 1070 g/mol. The molecule has 78 heavy (non-hydrogen) atoms. The van der Waals surface area contributed by atoms with E-state index in [2.05, 4.69) is 63.4 Å². The van der Waals surface area contributed by atoms with Crippen LogP contribution in [0.4, 0.5) is 11.6 Å². The van der Waals surface area contributed by atoms with E-state index in [1.54, 1.807) is 42.7 Å². The zero-order chi connectivity index (χ0) is 55.2. The number of fused-ring (bicyclic) bond motifs is 2. The summed E-state index contributed by atoms with van der Waals surface area (Å²) < 4.78 is 37.6. The fourth-order valence-corrected chi connectivity index (χ4v) is 9.78. The predicted molar refractivity (Wildman–Crippen MR) is 313 cm³/mol. The number of unbranched alkanes of at least 4 members (excludes halogenated alkanes) is 19. The molecule has 0 radical (unpaired) electrons. The lowest BCUT2D eigenvalue weighted by Crippen LogP contribution is -2.15. The number of methoxy groups -OCH3 is 6. The molecule has 4 heterocycles. The average Bonchev–Trinajstić information content (AvgIpc) is 4.11. The summed E-state index contributed by atoms with van der Waals surface area (Å²) in [6.07, 6.45) is 30.2. The third kappa shape index (κ3) is 17.8. The molecule has 6 aromatic rings. The van der Waals surface area contributed by atoms with Crippen LogP contribution in [0.15, 0.2) is 36.9 Å². The number of benzene rings is 2. The highest BCUT2D eigenvalue weighted by molar-refractivity contribution is 5.87. The SMILES string of the molecule is COc1cc(-c2nc3c(N)ncnc3n2CCCC#CCNCCCCCCCCCCCCCCCCCCCCNCC#CCCCn2c(-c3cc(OC)c(OC)c(OC)c3)nc3c(N)ncnc32)cc(OC)c1OC. The molecule has 6 N–H and O–H groups in total. The Hall–Kier alpha value is -7.02. The van der Waals surface area contributed by atoms with Crippen molar-refractivity contribution in [1.82, 2.24) is 49.7 Å². The van der Waals surface area contributed by atoms with E-state index in [9.17, 15) is 0 Å². The lowest BCUT2D eigenvalue weighted by molar-refractivity contribution is 0.324. The standard InChI is InChI=1S/C60H86N12O6/c1-73-47-39-45(40-48(74-2)53(47)77-5)57-69-51-55(61)65-43-67-59(51)71(57)37-31-25-23-29-35-63-33-27-21-19-17-15-13-11-9-7-8-10-12-14-16-18-20-22-28-34-64-36-30-24-26-32-38-72-58(70-52-56(62)66-44-68-60(52)72)46-41-49(75-3)54(78-6)50(42-46)76-4/h39-44,63-64H,7-22,25-28,31-38H2,1-6H3,(H2,61,65,67)(H2,62,66,68). The van der Waals surface area contributed by atoms with E-state index in [1.165, 1.54) is 128 Å². The molecule has 0 amide bonds. The van der Waals surface area contributed by atoms with Gasteiger partial charge in [0.05, 0.1) is 55.7 Å². The largest absolute Gasteiger partial charge is 0.493 e. The molecule has 0 atom stereocenters. The molecule has 0 spiro atoms. The fourth-order valence-electron chi connectivity index (χ4n) is 9.78. The van der Waals surface area contributed by atoms with E-state index in [4.69, 9.17) is 49.9 Å². The molecular weight excluding hydrogens is 985 g/mol. The first-order chi connectivity index (χ1) is 38.4. The Morgan fingerprint density at radius 1 is 0.410 bits per heavy atom. The molecule has 0 saturated carbocycles. The van der Waals surface area contributed by atoms with Gasteiger partial charge in [-0.2, -0.15) is 0 Å². The summed E-state index contributed by atoms with van der Waals surface area (Å²) >= 11 is 0. The number of hydrogen-bond donors (Lipinski definition) is 4. The molecule has 6 rings (SSSR count). The third-order valence-corrected chi connectivity index (χ3v) is 14.0. The number of imidazole rings is 2. The Bertz CT molecular complexity index is 2640. The first-order valence-corrected chi connectivity index (χ1v) is 28.2. The van der Waals surface area contributed by atoms with Crippen molar-refractivity contribution in [2.75, 3.05) is 80.3 Å². The quantitative estimate of drug-likeness (QED) is 0.0211. The maximum absolute atomic E-state index is 6.20. The molecular formula is C60H86N12O6. The van der Waals surface area contributed by atoms with Crippen LogP contribution in [0.3, 0.4) is 0 Å². The van der Waals surface area contributed by atoms with Crippen LogP contribution in [0.5, 0.6) is 34.5 Å². The van der Waals surface area contributed by atoms with Crippen molar-refractivity contribution >= 4 is 34.0 Å². The second-order valence-electron chi connectivity index (χ2n) is 19.5. The van der Waals surface area contributed by atoms with Gasteiger partial charge in [-0.1, -0.05) is 115 Å². The summed E-state index contributed by atoms with van der Waals surface area (Å²) in [5, 5.41) is 6.99. The van der Waals surface area contributed by atoms with Gasteiger partial charge in [0.15, 0.2) is 57.0 Å². The van der Waals surface area contributed by atoms with Gasteiger partial charge in [0.1, 0.15) is 24.3 Å². The fraction of sp³-hybridized carbons (Fsp3) is 0.567. The molecule has 0 bridgehead atoms. The van der Waals surface area contributed by atoms with Crippen LogP contribution in [-0.4, -0.2) is 108 Å². The summed E-state index contributed by atoms with van der Waals surface area (Å²) in [6.45, 7) is 4.78. The number of ether oxygens (including phenoxy) is 6. The molecule has 0 fully saturated rings. The first kappa shape index (κ1) is 60.2. The van der Waals surface area contributed by atoms with Crippen LogP contribution in [-0.2, 0) is 13.1 Å². The topological polar surface area (TPSA) is 219 Å². The highest BCUT2D eigenvalue weighted by Gasteiger charge is 2.22. The number of rotatable bonds is 37. The van der Waals surface area contributed by atoms with E-state index in [1.807, 2.05) is 24.3 Å². The smallest absolute Gasteiger partial charge is 0.203 e. The molecule has 0 aliphatic heterocycles. The Morgan fingerprint density at radius 3 is 1.04 bits per heavy atom. The lowest BCUT2D eigenvalue weighted by Gasteiger charge is -2.15. The summed E-state index contributed by atoms with van der Waals surface area (Å²) in [5.74, 6) is 18.5. The maximum atomic E-state index is 6.20. The third-order valence-electron chi connectivity index (χ3n) is 14.0. The highest BCUT2D eigenvalue weighted by atomic mass is 16.5. The van der Waals surface area contributed by atoms with E-state index in [0.717, 1.165) is 49.9 Å². The van der Waals surface area contributed by atoms with Crippen LogP contribution < -0.4 is 50.5 Å². The van der Waals surface area contributed by atoms with Crippen LogP contribution in [0.2, 0.25) is 0 Å². The summed E-state index contributed by atoms with van der Waals surface area (Å²) in [4.78, 5) is 27.0. The number of nitrogens with two attached hydrogens (primary N) is 2. The zero-order valence-corrected chi connectivity index (χ0v) is 47.4. The summed E-state index contributed by atoms with van der Waals surface area (Å²) in [6, 6.07) is 7.52. The average molecular weight is 1070 g/mol. The van der Waals surface area contributed by atoms with Gasteiger partial charge < -0.3 is 59.7 Å². The number of nitrogen functional groups attached to an aromatic ring is 2. The number of nitrogens with one attached hydrogen (secondary N) is 2. The van der Waals surface area contributed by atoms with Gasteiger partial charge in [0.2, 0.25) is 11.5 Å². The maximum Gasteiger partial charge on any atom is 0.203 e. The number of hydrogen-bond acceptors (Lipinski definition) is 16. The molecule has 0 unspecified atom stereocenters. The van der Waals surface area contributed by atoms with Gasteiger partial charge in [-0.15, -0.1) is 11.8 Å². The van der Waals surface area contributed by atoms with E-state index < -0.39 is 0 Å². The van der Waals surface area contributed by atoms with Gasteiger partial charge in [-0.05, 0) is 63.0 Å². The molecule has 422 valence electrons. The van der Waals surface area contributed by atoms with E-state index in [-0.39, 0.29) is 0 Å². The Balaban J connectivity index is 0.698. The number of anilines is 2.